The molecule has 6 aromatic heterocycles. The van der Waals surface area contributed by atoms with Crippen molar-refractivity contribution in [3.63, 3.8) is 0 Å². The normalized spacial score (nSPS) is 12.8. The van der Waals surface area contributed by atoms with Gasteiger partial charge in [0, 0.05) is 93.7 Å². The van der Waals surface area contributed by atoms with Crippen molar-refractivity contribution < 1.29 is 27.0 Å². The van der Waals surface area contributed by atoms with Crippen LogP contribution in [0.15, 0.2) is 472 Å². The quantitative estimate of drug-likeness (QED) is 0.0674. The molecule has 0 unspecified atom stereocenters. The van der Waals surface area contributed by atoms with E-state index in [9.17, 15) is 0 Å². The Balaban J connectivity index is 0.000000123. The van der Waals surface area contributed by atoms with Gasteiger partial charge in [0.25, 0.3) is 0 Å². The number of hydrogen-bond acceptors (Lipinski definition) is 12. The van der Waals surface area contributed by atoms with Gasteiger partial charge in [-0.25, -0.2) is 19.9 Å². The van der Waals surface area contributed by atoms with Gasteiger partial charge >= 0.3 is 7.12 Å². The molecule has 136 heavy (non-hydrogen) atoms. The lowest BCUT2D eigenvalue weighted by Gasteiger charge is -2.32. The third-order valence-corrected chi connectivity index (χ3v) is 26.6. The zero-order chi connectivity index (χ0) is 91.4. The molecule has 0 radical (unpaired) electrons. The van der Waals surface area contributed by atoms with E-state index in [0.717, 1.165) is 189 Å². The van der Waals surface area contributed by atoms with Gasteiger partial charge in [0.15, 0.2) is 10.6 Å². The molecule has 1 aliphatic heterocycles. The summed E-state index contributed by atoms with van der Waals surface area (Å²) in [6, 6.07) is 147. The van der Waals surface area contributed by atoms with Crippen LogP contribution in [0.2, 0.25) is 0 Å². The monoisotopic (exact) mass is 1820 g/mol. The molecule has 0 atom stereocenters. The van der Waals surface area contributed by atoms with Gasteiger partial charge in [-0.05, 0) is 213 Å². The Morgan fingerprint density at radius 2 is 0.456 bits per heavy atom. The first-order valence-electron chi connectivity index (χ1n) is 45.6. The summed E-state index contributed by atoms with van der Waals surface area (Å²) in [5, 5.41) is 8.74. The van der Waals surface area contributed by atoms with Crippen molar-refractivity contribution in [3.05, 3.63) is 454 Å². The highest BCUT2D eigenvalue weighted by Crippen LogP contribution is 2.47. The Morgan fingerprint density at radius 3 is 0.743 bits per heavy atom. The molecule has 0 saturated carbocycles. The first-order valence-corrected chi connectivity index (χ1v) is 46.4. The van der Waals surface area contributed by atoms with Gasteiger partial charge in [0.05, 0.1) is 47.4 Å². The van der Waals surface area contributed by atoms with Crippen molar-refractivity contribution in [1.29, 1.82) is 0 Å². The molecule has 650 valence electrons. The Morgan fingerprint density at radius 1 is 0.221 bits per heavy atom. The van der Waals surface area contributed by atoms with E-state index in [2.05, 4.69) is 415 Å². The summed E-state index contributed by atoms with van der Waals surface area (Å²) in [7, 11) is -0.511. The van der Waals surface area contributed by atoms with Crippen molar-refractivity contribution in [2.24, 2.45) is 0 Å². The molecule has 1 aliphatic rings. The van der Waals surface area contributed by atoms with Gasteiger partial charge in [-0.3, -0.25) is 0 Å². The van der Waals surface area contributed by atoms with Crippen LogP contribution in [0.4, 0.5) is 34.1 Å². The van der Waals surface area contributed by atoms with Crippen molar-refractivity contribution in [2.45, 2.75) is 38.9 Å². The summed E-state index contributed by atoms with van der Waals surface area (Å²) in [5.74, 6) is 0.606. The number of para-hydroxylation sites is 8. The van der Waals surface area contributed by atoms with E-state index in [4.69, 9.17) is 36.9 Å². The van der Waals surface area contributed by atoms with E-state index in [-0.39, 0.29) is 0 Å². The third-order valence-electron chi connectivity index (χ3n) is 26.2. The number of furan rings is 4. The minimum absolute atomic E-state index is 0.453. The van der Waals surface area contributed by atoms with Gasteiger partial charge in [0.1, 0.15) is 44.7 Å². The Hall–Kier alpha value is -16.6. The minimum Gasteiger partial charge on any atom is -0.455 e. The maximum Gasteiger partial charge on any atom is 0.494 e. The molecular weight excluding hydrogens is 1740 g/mol. The highest BCUT2D eigenvalue weighted by Gasteiger charge is 2.52. The van der Waals surface area contributed by atoms with E-state index in [1.54, 1.807) is 0 Å². The fourth-order valence-electron chi connectivity index (χ4n) is 18.7. The fourth-order valence-corrected chi connectivity index (χ4v) is 18.9. The smallest absolute Gasteiger partial charge is 0.455 e. The van der Waals surface area contributed by atoms with Gasteiger partial charge in [-0.15, -0.1) is 0 Å². The van der Waals surface area contributed by atoms with Crippen LogP contribution >= 0.6 is 15.9 Å². The van der Waals surface area contributed by atoms with E-state index < -0.39 is 18.3 Å². The average Bonchev–Trinajstić information content (AvgIpc) is 1.60. The zero-order valence-electron chi connectivity index (χ0n) is 74.8. The molecule has 0 amide bonds. The van der Waals surface area contributed by atoms with E-state index in [1.807, 2.05) is 97.6 Å². The van der Waals surface area contributed by atoms with E-state index >= 15 is 0 Å². The Bertz CT molecular complexity index is 8080. The molecule has 1 fully saturated rings. The summed E-state index contributed by atoms with van der Waals surface area (Å²) in [6.45, 7) is 8.34. The molecule has 18 aromatic carbocycles. The first kappa shape index (κ1) is 83.7. The number of nitrogens with zero attached hydrogens (tertiary/aromatic N) is 6. The van der Waals surface area contributed by atoms with Crippen LogP contribution in [0, 0.1) is 0 Å². The van der Waals surface area contributed by atoms with Crippen LogP contribution in [-0.4, -0.2) is 38.3 Å². The second-order valence-corrected chi connectivity index (χ2v) is 35.9. The van der Waals surface area contributed by atoms with Crippen molar-refractivity contribution in [1.82, 2.24) is 19.9 Å². The molecule has 0 aliphatic carbocycles. The maximum absolute atomic E-state index is 6.58. The van der Waals surface area contributed by atoms with Crippen LogP contribution < -0.4 is 15.3 Å². The lowest BCUT2D eigenvalue weighted by molar-refractivity contribution is 0.00578. The van der Waals surface area contributed by atoms with E-state index in [1.165, 1.54) is 33.4 Å². The first-order chi connectivity index (χ1) is 66.8. The van der Waals surface area contributed by atoms with Gasteiger partial charge in [-0.1, -0.05) is 328 Å². The molecule has 7 heterocycles. The highest BCUT2D eigenvalue weighted by molar-refractivity contribution is 9.10. The van der Waals surface area contributed by atoms with Gasteiger partial charge < -0.3 is 36.8 Å². The molecule has 24 aromatic rings. The van der Waals surface area contributed by atoms with Crippen molar-refractivity contribution in [3.8, 4) is 100 Å². The third kappa shape index (κ3) is 16.1. The second-order valence-electron chi connectivity index (χ2n) is 35.2. The highest BCUT2D eigenvalue weighted by atomic mass is 79.9. The number of hydrogen-bond donors (Lipinski definition) is 0. The maximum atomic E-state index is 6.58. The van der Waals surface area contributed by atoms with Crippen LogP contribution in [0.5, 0.6) is 0 Å². The van der Waals surface area contributed by atoms with Gasteiger partial charge in [0.2, 0.25) is 0 Å². The summed E-state index contributed by atoms with van der Waals surface area (Å²) in [6.07, 6.45) is 7.50. The molecule has 25 rings (SSSR count). The predicted octanol–water partition coefficient (Wildman–Crippen LogP) is 33.2. The number of fused-ring (bicyclic) bond motifs is 12. The van der Waals surface area contributed by atoms with Crippen molar-refractivity contribution in [2.75, 3.05) is 9.80 Å². The van der Waals surface area contributed by atoms with Gasteiger partial charge in [-0.2, -0.15) is 0 Å². The lowest BCUT2D eigenvalue weighted by Crippen LogP contribution is -2.41. The Labute approximate surface area is 794 Å². The topological polar surface area (TPSA) is 129 Å². The van der Waals surface area contributed by atoms with Crippen LogP contribution in [0.3, 0.4) is 0 Å². The van der Waals surface area contributed by atoms with Crippen LogP contribution in [-0.2, 0) is 9.31 Å². The molecule has 1 saturated heterocycles. The molecular formula is C122H86BBrN6O6. The average molecular weight is 1820 g/mol. The molecule has 0 N–H and O–H groups in total. The summed E-state index contributed by atoms with van der Waals surface area (Å²) in [4.78, 5) is 23.3. The van der Waals surface area contributed by atoms with E-state index in [0.29, 0.717) is 10.6 Å². The number of halogens is 1. The summed E-state index contributed by atoms with van der Waals surface area (Å²) < 4.78 is 39.7. The second kappa shape index (κ2) is 35.5. The molecule has 12 nitrogen and oxygen atoms in total. The fraction of sp³-hybridized carbons (Fsp3) is 0.0492. The number of benzene rings is 18. The number of rotatable bonds is 16. The predicted molar refractivity (Wildman–Crippen MR) is 561 cm³/mol. The van der Waals surface area contributed by atoms with Crippen LogP contribution in [0.1, 0.15) is 27.7 Å². The largest absolute Gasteiger partial charge is 0.494 e. The zero-order valence-corrected chi connectivity index (χ0v) is 76.4. The summed E-state index contributed by atoms with van der Waals surface area (Å²) >= 11 is 3.34. The standard InChI is InChI=1S/C58H37N3O2.C36H29BO4.C28H20BrN3/c1-3-13-38(14-4-1)40-25-29-45(30-26-40)61(46-31-27-41(28-32-46)39-15-5-2-6-16-39)47-36-59-58(60-37-47)44-34-42(48-19-11-21-52-50-17-7-9-23-54(50)62-56(48)52)33-43(35-44)49-20-12-22-53-51-18-8-10-24-55(51)63-57(49)53;1-35(2)36(3,4)41-37(40-35)24-20-22(25-13-9-15-29-27-11-5-7-17-31(27)38-33(25)29)19-23(21-24)26-14-10-16-30-28-12-6-8-18-32(28)39-34(26)30;29-28-30-19-27(20-31-28)32(25-15-11-23(12-16-25)21-7-3-1-4-8-21)26-17-13-24(14-18-26)22-9-5-2-6-10-22/h1-37H;5-21H,1-4H3;1-20H. The summed E-state index contributed by atoms with van der Waals surface area (Å²) in [5.41, 5.74) is 31.1. The number of aromatic nitrogens is 4. The minimum atomic E-state index is -0.511. The molecule has 14 heteroatoms. The Kier molecular flexibility index (Phi) is 21.8. The number of anilines is 6. The van der Waals surface area contributed by atoms with Crippen LogP contribution in [0.25, 0.3) is 188 Å². The molecule has 0 spiro atoms. The van der Waals surface area contributed by atoms with Crippen molar-refractivity contribution >= 4 is 150 Å². The molecule has 0 bridgehead atoms. The SMILES string of the molecule is Brc1ncc(N(c2ccc(-c3ccccc3)cc2)c2ccc(-c3ccccc3)cc2)cn1.CC1(C)OB(c2cc(-c3cccc4c3oc3ccccc34)cc(-c3cccc4c3oc3ccccc34)c2)OC1(C)C.c1ccc(-c2ccc(N(c3ccc(-c4ccccc4)cc3)c3cnc(-c4cc(-c5cccc6c5oc5ccccc56)cc(-c5cccc6c5oc5ccccc56)c4)nc3)cc2)cc1. The lowest BCUT2D eigenvalue weighted by atomic mass is 9.76.